The molecule has 0 N–H and O–H groups in total. The second-order valence-corrected chi connectivity index (χ2v) is 21.4. The Balaban J connectivity index is -0.0000000768. The average molecular weight is 1300 g/mol. The molecule has 18 nitrogen and oxygen atoms in total. The summed E-state index contributed by atoms with van der Waals surface area (Å²) in [6, 6.07) is 0. The zero-order chi connectivity index (χ0) is 60.6. The van der Waals surface area contributed by atoms with E-state index < -0.39 is 31.2 Å². The fourth-order valence-corrected chi connectivity index (χ4v) is 7.93. The Morgan fingerprint density at radius 2 is 0.325 bits per heavy atom. The van der Waals surface area contributed by atoms with E-state index in [1.807, 2.05) is 0 Å². The van der Waals surface area contributed by atoms with Gasteiger partial charge in [0.15, 0.2) is 0 Å². The van der Waals surface area contributed by atoms with Crippen molar-refractivity contribution in [1.29, 1.82) is 0 Å². The molecule has 0 aliphatic heterocycles. The number of isothiocyanates is 3. The van der Waals surface area contributed by atoms with Crippen molar-refractivity contribution < 1.29 is 100 Å². The van der Waals surface area contributed by atoms with Crippen LogP contribution in [-0.4, -0.2) is 160 Å². The number of unbranched alkanes of at least 4 members (excludes halogenated alkanes) is 12. The Labute approximate surface area is 511 Å². The molecule has 0 saturated carbocycles. The van der Waals surface area contributed by atoms with Crippen molar-refractivity contribution in [2.24, 2.45) is 0 Å². The second kappa shape index (κ2) is 75.9. The number of thiocarbonyl (C=S) groups is 3. The molecule has 0 atom stereocenters. The van der Waals surface area contributed by atoms with Crippen LogP contribution in [0.2, 0.25) is 0 Å². The normalized spacial score (nSPS) is 10.5. The van der Waals surface area contributed by atoms with Crippen molar-refractivity contribution in [2.75, 3.05) is 78.5 Å². The van der Waals surface area contributed by atoms with Gasteiger partial charge in [-0.15, -0.1) is 0 Å². The van der Waals surface area contributed by atoms with E-state index in [0.29, 0.717) is 0 Å². The maximum absolute atomic E-state index is 8.52. The third kappa shape index (κ3) is 116. The molecule has 466 valence electrons. The Bertz CT molecular complexity index is 1290. The zero-order valence-corrected chi connectivity index (χ0v) is 56.8. The first-order valence-electron chi connectivity index (χ1n) is 27.6. The van der Waals surface area contributed by atoms with Gasteiger partial charge in [-0.1, -0.05) is 197 Å². The van der Waals surface area contributed by atoms with Gasteiger partial charge in [-0.05, 0) is 77.0 Å². The Hall–Kier alpha value is -0.0710. The Morgan fingerprint density at radius 3 is 0.364 bits per heavy atom. The largest absolute Gasteiger partial charge is 3.00 e. The monoisotopic (exact) mass is 1300 g/mol. The molecule has 0 aromatic carbocycles. The van der Waals surface area contributed by atoms with Gasteiger partial charge in [0.25, 0.3) is 0 Å². The van der Waals surface area contributed by atoms with E-state index in [-0.39, 0.29) is 34.1 Å². The van der Waals surface area contributed by atoms with E-state index in [2.05, 4.69) is 120 Å². The third-order valence-electron chi connectivity index (χ3n) is 11.8. The topological polar surface area (TPSA) is 308 Å². The van der Waals surface area contributed by atoms with Gasteiger partial charge in [-0.25, -0.2) is 0 Å². The first kappa shape index (κ1) is 102. The molecule has 0 rings (SSSR count). The fraction of sp³-hybridized carbons (Fsp3) is 0.941. The van der Waals surface area contributed by atoms with Crippen LogP contribution >= 0.6 is 36.7 Å². The van der Waals surface area contributed by atoms with Gasteiger partial charge in [0, 0.05) is 31.2 Å². The molecule has 0 unspecified atom stereocenters. The molecule has 26 heteroatoms. The van der Waals surface area contributed by atoms with E-state index in [1.54, 1.807) is 0 Å². The summed E-state index contributed by atoms with van der Waals surface area (Å²) in [5.41, 5.74) is 0. The molecule has 2 radical (unpaired) electrons. The summed E-state index contributed by atoms with van der Waals surface area (Å²) in [7, 11) is -15.5. The maximum Gasteiger partial charge on any atom is 3.00 e. The molecule has 0 bridgehead atoms. The standard InChI is InChI=1S/3C16H36N.3CNS.2Fe.3H2O4S/c3*1-5-9-13-17(14-10-6-2,15-11-7-3)16-12-8-4;3*2-1-3;;;3*1-5(2,3)4/h3*5-16H2,1-4H3;;;;;;3*(H2,1,2,3,4)/q3*+1;3*-1;2*+3;;;/p-6. The predicted molar refractivity (Wildman–Crippen MR) is 317 cm³/mol. The minimum atomic E-state index is -5.17. The summed E-state index contributed by atoms with van der Waals surface area (Å²) in [6.45, 7) is 45.1. The van der Waals surface area contributed by atoms with Crippen molar-refractivity contribution in [1.82, 2.24) is 0 Å². The third-order valence-corrected chi connectivity index (χ3v) is 11.8. The van der Waals surface area contributed by atoms with Crippen LogP contribution < -0.4 is 0 Å². The molecular weight excluding hydrogens is 1190 g/mol. The van der Waals surface area contributed by atoms with E-state index in [1.165, 1.54) is 262 Å². The number of hydrogen-bond acceptors (Lipinski definition) is 15. The Kier molecular flexibility index (Phi) is 101. The zero-order valence-electron chi connectivity index (χ0n) is 49.7. The van der Waals surface area contributed by atoms with Crippen molar-refractivity contribution in [2.45, 2.75) is 237 Å². The average Bonchev–Trinajstić information content (AvgIpc) is 3.32. The van der Waals surface area contributed by atoms with Gasteiger partial charge in [0.1, 0.15) is 0 Å². The minimum absolute atomic E-state index is 0. The molecule has 0 heterocycles. The predicted octanol–water partition coefficient (Wildman–Crippen LogP) is 13.0. The number of hydrogen-bond donors (Lipinski definition) is 0. The van der Waals surface area contributed by atoms with E-state index in [9.17, 15) is 0 Å². The van der Waals surface area contributed by atoms with Crippen LogP contribution in [0, 0.1) is 0 Å². The van der Waals surface area contributed by atoms with Gasteiger partial charge < -0.3 is 57.0 Å². The van der Waals surface area contributed by atoms with E-state index in [4.69, 9.17) is 68.8 Å². The van der Waals surface area contributed by atoms with Crippen molar-refractivity contribution in [3.05, 3.63) is 16.2 Å². The van der Waals surface area contributed by atoms with Crippen LogP contribution in [0.3, 0.4) is 0 Å². The number of quaternary nitrogens is 3. The first-order chi connectivity index (χ1) is 35.0. The van der Waals surface area contributed by atoms with Crippen LogP contribution in [0.5, 0.6) is 0 Å². The van der Waals surface area contributed by atoms with Crippen LogP contribution in [0.15, 0.2) is 0 Å². The SMILES string of the molecule is CCCC[N+](CCCC)(CCCC)CCCC.CCCC[N+](CCCC)(CCCC)CCCC.CCCC[N+](CCCC)(CCCC)CCCC.O=S(=O)([O-])[O-].O=S(=O)([O-])[O-].O=S(=O)([O-])[O-].[Fe+3].[Fe+3].[N-]=C=S.[N-]=C=S.[N-]=C=S. The summed E-state index contributed by atoms with van der Waals surface area (Å²) in [6.07, 6.45) is 33.2. The number of nitrogens with zero attached hydrogens (tertiary/aromatic N) is 6. The van der Waals surface area contributed by atoms with Crippen LogP contribution in [0.1, 0.15) is 237 Å². The minimum Gasteiger partial charge on any atom is -0.759 e. The molecule has 77 heavy (non-hydrogen) atoms. The van der Waals surface area contributed by atoms with Crippen LogP contribution in [0.4, 0.5) is 0 Å². The first-order valence-corrected chi connectivity index (χ1v) is 32.8. The smallest absolute Gasteiger partial charge is 0.759 e. The summed E-state index contributed by atoms with van der Waals surface area (Å²) in [4.78, 5) is 0. The molecule has 0 fully saturated rings. The Morgan fingerprint density at radius 1 is 0.273 bits per heavy atom. The quantitative estimate of drug-likeness (QED) is 0.0141. The molecule has 0 aromatic heterocycles. The molecular formula is C51H108Fe2N6O12S6. The summed E-state index contributed by atoms with van der Waals surface area (Å²) in [5.74, 6) is 0. The summed E-state index contributed by atoms with van der Waals surface area (Å²) >= 11 is 11.1. The van der Waals surface area contributed by atoms with Gasteiger partial charge >= 0.3 is 34.1 Å². The molecule has 0 aliphatic rings. The maximum atomic E-state index is 8.52. The summed E-state index contributed by atoms with van der Waals surface area (Å²) in [5, 5.41) is 25.4. The second-order valence-electron chi connectivity index (χ2n) is 18.4. The van der Waals surface area contributed by atoms with Crippen LogP contribution in [-0.2, 0) is 65.3 Å². The van der Waals surface area contributed by atoms with Gasteiger partial charge in [0.05, 0.1) is 78.5 Å². The molecule has 0 amide bonds. The van der Waals surface area contributed by atoms with E-state index in [0.717, 1.165) is 0 Å². The van der Waals surface area contributed by atoms with Crippen molar-refractivity contribution in [3.8, 4) is 0 Å². The van der Waals surface area contributed by atoms with Gasteiger partial charge in [-0.2, -0.15) is 15.5 Å². The van der Waals surface area contributed by atoms with Crippen LogP contribution in [0.25, 0.3) is 16.2 Å². The molecule has 0 aromatic rings. The van der Waals surface area contributed by atoms with Crippen molar-refractivity contribution in [3.63, 3.8) is 0 Å². The van der Waals surface area contributed by atoms with Gasteiger partial charge in [0.2, 0.25) is 0 Å². The number of rotatable bonds is 36. The molecule has 0 spiro atoms. The van der Waals surface area contributed by atoms with E-state index >= 15 is 0 Å². The van der Waals surface area contributed by atoms with Crippen molar-refractivity contribution >= 4 is 83.3 Å². The molecule has 0 saturated heterocycles. The fourth-order valence-electron chi connectivity index (χ4n) is 7.93. The van der Waals surface area contributed by atoms with Gasteiger partial charge in [-0.3, -0.25) is 25.3 Å². The molecule has 0 aliphatic carbocycles. The summed E-state index contributed by atoms with van der Waals surface area (Å²) < 4.78 is 107.